The topological polar surface area (TPSA) is 32.3 Å². The van der Waals surface area contributed by atoms with Crippen molar-refractivity contribution in [3.8, 4) is 0 Å². The number of benzene rings is 2. The Labute approximate surface area is 151 Å². The van der Waals surface area contributed by atoms with E-state index in [1.54, 1.807) is 0 Å². The first kappa shape index (κ1) is 17.7. The predicted molar refractivity (Wildman–Crippen MR) is 103 cm³/mol. The van der Waals surface area contributed by atoms with Gasteiger partial charge in [0, 0.05) is 18.7 Å². The van der Waals surface area contributed by atoms with Crippen molar-refractivity contribution in [2.24, 2.45) is 0 Å². The van der Waals surface area contributed by atoms with Gasteiger partial charge in [-0.05, 0) is 80.6 Å². The third-order valence-electron chi connectivity index (χ3n) is 5.17. The molecule has 1 saturated heterocycles. The van der Waals surface area contributed by atoms with E-state index in [4.69, 9.17) is 0 Å². The van der Waals surface area contributed by atoms with E-state index >= 15 is 0 Å². The lowest BCUT2D eigenvalue weighted by molar-refractivity contribution is 0.0950. The van der Waals surface area contributed by atoms with Gasteiger partial charge < -0.3 is 5.32 Å². The number of nitrogens with one attached hydrogen (secondary N) is 1. The maximum absolute atomic E-state index is 12.5. The van der Waals surface area contributed by atoms with Crippen molar-refractivity contribution >= 4 is 5.91 Å². The van der Waals surface area contributed by atoms with Gasteiger partial charge in [-0.2, -0.15) is 0 Å². The minimum Gasteiger partial charge on any atom is -0.348 e. The van der Waals surface area contributed by atoms with Crippen molar-refractivity contribution in [2.45, 2.75) is 46.7 Å². The van der Waals surface area contributed by atoms with Gasteiger partial charge >= 0.3 is 0 Å². The minimum absolute atomic E-state index is 0.00161. The van der Waals surface area contributed by atoms with E-state index in [-0.39, 0.29) is 5.91 Å². The van der Waals surface area contributed by atoms with Crippen LogP contribution in [0, 0.1) is 20.8 Å². The van der Waals surface area contributed by atoms with Crippen LogP contribution in [0.25, 0.3) is 0 Å². The van der Waals surface area contributed by atoms with Crippen molar-refractivity contribution in [1.82, 2.24) is 10.2 Å². The van der Waals surface area contributed by atoms with E-state index in [1.165, 1.54) is 37.1 Å². The SMILES string of the molecule is Cc1cc(C)c(C(=O)NCc2ccc(CN3CCCC3)cc2)cc1C. The molecule has 0 aliphatic carbocycles. The fraction of sp³-hybridized carbons (Fsp3) is 0.409. The number of nitrogens with zero attached hydrogens (tertiary/aromatic N) is 1. The van der Waals surface area contributed by atoms with Gasteiger partial charge in [0.2, 0.25) is 0 Å². The molecule has 25 heavy (non-hydrogen) atoms. The first-order valence-corrected chi connectivity index (χ1v) is 9.19. The molecule has 2 aromatic carbocycles. The summed E-state index contributed by atoms with van der Waals surface area (Å²) in [6.07, 6.45) is 2.64. The lowest BCUT2D eigenvalue weighted by Gasteiger charge is -2.15. The first-order valence-electron chi connectivity index (χ1n) is 9.19. The van der Waals surface area contributed by atoms with Crippen LogP contribution in [0.2, 0.25) is 0 Å². The number of hydrogen-bond acceptors (Lipinski definition) is 2. The van der Waals surface area contributed by atoms with Gasteiger partial charge in [0.05, 0.1) is 0 Å². The van der Waals surface area contributed by atoms with Crippen LogP contribution in [0.3, 0.4) is 0 Å². The average molecular weight is 336 g/mol. The van der Waals surface area contributed by atoms with Crippen LogP contribution in [0.1, 0.15) is 51.0 Å². The Morgan fingerprint density at radius 3 is 2.20 bits per heavy atom. The summed E-state index contributed by atoms with van der Waals surface area (Å²) in [6.45, 7) is 10.1. The lowest BCUT2D eigenvalue weighted by atomic mass is 10.0. The summed E-state index contributed by atoms with van der Waals surface area (Å²) in [6, 6.07) is 12.7. The molecule has 3 rings (SSSR count). The Bertz CT molecular complexity index is 743. The van der Waals surface area contributed by atoms with Crippen molar-refractivity contribution in [2.75, 3.05) is 13.1 Å². The molecular formula is C22H28N2O. The number of carbonyl (C=O) groups is 1. The summed E-state index contributed by atoms with van der Waals surface area (Å²) in [5, 5.41) is 3.05. The van der Waals surface area contributed by atoms with Crippen molar-refractivity contribution in [3.05, 3.63) is 69.8 Å². The van der Waals surface area contributed by atoms with Crippen molar-refractivity contribution in [1.29, 1.82) is 0 Å². The summed E-state index contributed by atoms with van der Waals surface area (Å²) < 4.78 is 0. The Balaban J connectivity index is 1.57. The van der Waals surface area contributed by atoms with Crippen LogP contribution < -0.4 is 5.32 Å². The summed E-state index contributed by atoms with van der Waals surface area (Å²) >= 11 is 0. The highest BCUT2D eigenvalue weighted by Gasteiger charge is 2.12. The smallest absolute Gasteiger partial charge is 0.251 e. The van der Waals surface area contributed by atoms with E-state index in [9.17, 15) is 4.79 Å². The van der Waals surface area contributed by atoms with E-state index in [2.05, 4.69) is 47.5 Å². The molecule has 0 radical (unpaired) electrons. The molecule has 3 heteroatoms. The molecular weight excluding hydrogens is 308 g/mol. The molecule has 1 amide bonds. The molecule has 3 nitrogen and oxygen atoms in total. The maximum atomic E-state index is 12.5. The molecule has 1 fully saturated rings. The lowest BCUT2D eigenvalue weighted by Crippen LogP contribution is -2.24. The third-order valence-corrected chi connectivity index (χ3v) is 5.17. The van der Waals surface area contributed by atoms with Crippen LogP contribution >= 0.6 is 0 Å². The zero-order chi connectivity index (χ0) is 17.8. The molecule has 1 aliphatic heterocycles. The van der Waals surface area contributed by atoms with Gasteiger partial charge in [-0.15, -0.1) is 0 Å². The van der Waals surface area contributed by atoms with Gasteiger partial charge in [-0.1, -0.05) is 30.3 Å². The highest BCUT2D eigenvalue weighted by atomic mass is 16.1. The van der Waals surface area contributed by atoms with E-state index < -0.39 is 0 Å². The molecule has 2 aromatic rings. The number of carbonyl (C=O) groups excluding carboxylic acids is 1. The van der Waals surface area contributed by atoms with Gasteiger partial charge in [-0.3, -0.25) is 9.69 Å². The second kappa shape index (κ2) is 7.83. The van der Waals surface area contributed by atoms with Crippen LogP contribution in [0.5, 0.6) is 0 Å². The molecule has 1 aliphatic rings. The predicted octanol–water partition coefficient (Wildman–Crippen LogP) is 4.14. The fourth-order valence-electron chi connectivity index (χ4n) is 3.44. The van der Waals surface area contributed by atoms with Gasteiger partial charge in [0.15, 0.2) is 0 Å². The molecule has 0 spiro atoms. The van der Waals surface area contributed by atoms with Crippen LogP contribution in [0.4, 0.5) is 0 Å². The normalized spacial score (nSPS) is 14.7. The summed E-state index contributed by atoms with van der Waals surface area (Å²) in [5.41, 5.74) is 6.67. The summed E-state index contributed by atoms with van der Waals surface area (Å²) in [5.74, 6) is 0.00161. The number of amides is 1. The van der Waals surface area contributed by atoms with E-state index in [0.717, 1.165) is 28.8 Å². The highest BCUT2D eigenvalue weighted by Crippen LogP contribution is 2.16. The molecule has 0 bridgehead atoms. The largest absolute Gasteiger partial charge is 0.348 e. The minimum atomic E-state index is 0.00161. The number of likely N-dealkylation sites (tertiary alicyclic amines) is 1. The second-order valence-electron chi connectivity index (χ2n) is 7.23. The molecule has 1 N–H and O–H groups in total. The molecule has 0 atom stereocenters. The number of rotatable bonds is 5. The summed E-state index contributed by atoms with van der Waals surface area (Å²) in [4.78, 5) is 15.0. The molecule has 0 aromatic heterocycles. The van der Waals surface area contributed by atoms with Gasteiger partial charge in [0.1, 0.15) is 0 Å². The maximum Gasteiger partial charge on any atom is 0.251 e. The molecule has 1 heterocycles. The molecule has 0 saturated carbocycles. The van der Waals surface area contributed by atoms with Crippen LogP contribution in [0.15, 0.2) is 36.4 Å². The van der Waals surface area contributed by atoms with Crippen LogP contribution in [-0.2, 0) is 13.1 Å². The monoisotopic (exact) mass is 336 g/mol. The summed E-state index contributed by atoms with van der Waals surface area (Å²) in [7, 11) is 0. The van der Waals surface area contributed by atoms with Crippen molar-refractivity contribution in [3.63, 3.8) is 0 Å². The second-order valence-corrected chi connectivity index (χ2v) is 7.23. The number of hydrogen-bond donors (Lipinski definition) is 1. The third kappa shape index (κ3) is 4.49. The average Bonchev–Trinajstić information content (AvgIpc) is 3.10. The van der Waals surface area contributed by atoms with Gasteiger partial charge in [-0.25, -0.2) is 0 Å². The fourth-order valence-corrected chi connectivity index (χ4v) is 3.44. The Hall–Kier alpha value is -2.13. The van der Waals surface area contributed by atoms with Crippen LogP contribution in [-0.4, -0.2) is 23.9 Å². The van der Waals surface area contributed by atoms with E-state index in [0.29, 0.717) is 6.54 Å². The number of aryl methyl sites for hydroxylation is 3. The van der Waals surface area contributed by atoms with E-state index in [1.807, 2.05) is 19.9 Å². The zero-order valence-corrected chi connectivity index (χ0v) is 15.6. The Morgan fingerprint density at radius 1 is 0.920 bits per heavy atom. The van der Waals surface area contributed by atoms with Crippen molar-refractivity contribution < 1.29 is 4.79 Å². The highest BCUT2D eigenvalue weighted by molar-refractivity contribution is 5.95. The first-order chi connectivity index (χ1) is 12.0. The molecule has 132 valence electrons. The standard InChI is InChI=1S/C22H28N2O/c1-16-12-18(3)21(13-17(16)2)22(25)23-14-19-6-8-20(9-7-19)15-24-10-4-5-11-24/h6-9,12-13H,4-5,10-11,14-15H2,1-3H3,(H,23,25). The van der Waals surface area contributed by atoms with Gasteiger partial charge in [0.25, 0.3) is 5.91 Å². The Morgan fingerprint density at radius 2 is 1.52 bits per heavy atom. The molecule has 0 unspecified atom stereocenters. The zero-order valence-electron chi connectivity index (χ0n) is 15.6. The Kier molecular flexibility index (Phi) is 5.54. The quantitative estimate of drug-likeness (QED) is 0.890.